The van der Waals surface area contributed by atoms with E-state index in [0.717, 1.165) is 50.3 Å². The van der Waals surface area contributed by atoms with E-state index in [1.165, 1.54) is 6.42 Å². The van der Waals surface area contributed by atoms with Gasteiger partial charge in [-0.05, 0) is 37.3 Å². The van der Waals surface area contributed by atoms with Crippen LogP contribution in [0, 0.1) is 5.41 Å². The van der Waals surface area contributed by atoms with Crippen molar-refractivity contribution in [2.45, 2.75) is 25.7 Å². The summed E-state index contributed by atoms with van der Waals surface area (Å²) >= 11 is 0. The first kappa shape index (κ1) is 14.4. The van der Waals surface area contributed by atoms with Crippen LogP contribution < -0.4 is 10.1 Å². The van der Waals surface area contributed by atoms with Gasteiger partial charge in [-0.15, -0.1) is 0 Å². The van der Waals surface area contributed by atoms with Gasteiger partial charge in [0, 0.05) is 25.2 Å². The fourth-order valence-electron chi connectivity index (χ4n) is 3.58. The highest BCUT2D eigenvalue weighted by atomic mass is 16.5. The van der Waals surface area contributed by atoms with E-state index in [-0.39, 0.29) is 5.91 Å². The standard InChI is InChI=1S/C17H24N2O2/c1-21-15-5-3-2-4-14(15)12-16(20)19-10-7-17(8-11-19)6-9-18-13-17/h2-5,18H,6-13H2,1H3. The van der Waals surface area contributed by atoms with Crippen molar-refractivity contribution in [3.05, 3.63) is 29.8 Å². The minimum atomic E-state index is 0.223. The molecule has 4 nitrogen and oxygen atoms in total. The maximum absolute atomic E-state index is 12.5. The van der Waals surface area contributed by atoms with Crippen LogP contribution in [0.25, 0.3) is 0 Å². The summed E-state index contributed by atoms with van der Waals surface area (Å²) < 4.78 is 5.33. The van der Waals surface area contributed by atoms with Crippen molar-refractivity contribution in [1.82, 2.24) is 10.2 Å². The molecule has 21 heavy (non-hydrogen) atoms. The SMILES string of the molecule is COc1ccccc1CC(=O)N1CCC2(CCNC2)CC1. The summed E-state index contributed by atoms with van der Waals surface area (Å²) in [5.41, 5.74) is 1.44. The molecule has 2 saturated heterocycles. The number of likely N-dealkylation sites (tertiary alicyclic amines) is 1. The van der Waals surface area contributed by atoms with Crippen molar-refractivity contribution in [1.29, 1.82) is 0 Å². The molecule has 1 N–H and O–H groups in total. The van der Waals surface area contributed by atoms with Gasteiger partial charge in [-0.3, -0.25) is 4.79 Å². The summed E-state index contributed by atoms with van der Waals surface area (Å²) in [4.78, 5) is 14.5. The van der Waals surface area contributed by atoms with Crippen molar-refractivity contribution < 1.29 is 9.53 Å². The Morgan fingerprint density at radius 2 is 2.05 bits per heavy atom. The Morgan fingerprint density at radius 1 is 1.29 bits per heavy atom. The van der Waals surface area contributed by atoms with Gasteiger partial charge in [-0.1, -0.05) is 18.2 Å². The molecule has 3 rings (SSSR count). The summed E-state index contributed by atoms with van der Waals surface area (Å²) in [7, 11) is 1.65. The second kappa shape index (κ2) is 6.06. The Bertz CT molecular complexity index is 499. The van der Waals surface area contributed by atoms with Crippen LogP contribution >= 0.6 is 0 Å². The van der Waals surface area contributed by atoms with Crippen molar-refractivity contribution in [2.24, 2.45) is 5.41 Å². The van der Waals surface area contributed by atoms with E-state index in [0.29, 0.717) is 11.8 Å². The van der Waals surface area contributed by atoms with Crippen LogP contribution in [0.1, 0.15) is 24.8 Å². The molecule has 114 valence electrons. The number of carbonyl (C=O) groups is 1. The first-order chi connectivity index (χ1) is 10.2. The number of para-hydroxylation sites is 1. The molecule has 1 aromatic rings. The number of amides is 1. The van der Waals surface area contributed by atoms with Gasteiger partial charge in [0.15, 0.2) is 0 Å². The first-order valence-corrected chi connectivity index (χ1v) is 7.83. The molecule has 2 heterocycles. The van der Waals surface area contributed by atoms with E-state index in [1.54, 1.807) is 7.11 Å². The summed E-state index contributed by atoms with van der Waals surface area (Å²) in [6, 6.07) is 7.78. The first-order valence-electron chi connectivity index (χ1n) is 7.83. The lowest BCUT2D eigenvalue weighted by molar-refractivity contribution is -0.132. The van der Waals surface area contributed by atoms with Gasteiger partial charge in [-0.25, -0.2) is 0 Å². The Balaban J connectivity index is 1.59. The number of ether oxygens (including phenoxy) is 1. The van der Waals surface area contributed by atoms with E-state index >= 15 is 0 Å². The van der Waals surface area contributed by atoms with E-state index in [4.69, 9.17) is 4.74 Å². The maximum atomic E-state index is 12.5. The number of benzene rings is 1. The normalized spacial score (nSPS) is 20.7. The summed E-state index contributed by atoms with van der Waals surface area (Å²) in [5.74, 6) is 1.03. The van der Waals surface area contributed by atoms with Crippen molar-refractivity contribution >= 4 is 5.91 Å². The van der Waals surface area contributed by atoms with Crippen LogP contribution in [0.15, 0.2) is 24.3 Å². The molecule has 2 aliphatic heterocycles. The summed E-state index contributed by atoms with van der Waals surface area (Å²) in [6.45, 7) is 4.06. The molecule has 1 amide bonds. The lowest BCUT2D eigenvalue weighted by Gasteiger charge is -2.39. The van der Waals surface area contributed by atoms with Gasteiger partial charge in [0.1, 0.15) is 5.75 Å². The Morgan fingerprint density at radius 3 is 2.71 bits per heavy atom. The molecule has 0 radical (unpaired) electrons. The van der Waals surface area contributed by atoms with Gasteiger partial charge in [0.25, 0.3) is 0 Å². The molecule has 0 aliphatic carbocycles. The van der Waals surface area contributed by atoms with Gasteiger partial charge in [-0.2, -0.15) is 0 Å². The number of hydrogen-bond donors (Lipinski definition) is 1. The Hall–Kier alpha value is -1.55. The largest absolute Gasteiger partial charge is 0.496 e. The number of rotatable bonds is 3. The van der Waals surface area contributed by atoms with Gasteiger partial charge < -0.3 is 15.0 Å². The number of nitrogens with one attached hydrogen (secondary N) is 1. The third kappa shape index (κ3) is 3.05. The summed E-state index contributed by atoms with van der Waals surface area (Å²) in [6.07, 6.45) is 3.98. The molecule has 2 aliphatic rings. The second-order valence-corrected chi connectivity index (χ2v) is 6.30. The van der Waals surface area contributed by atoms with Crippen LogP contribution in [0.2, 0.25) is 0 Å². The Labute approximate surface area is 126 Å². The smallest absolute Gasteiger partial charge is 0.227 e. The molecular weight excluding hydrogens is 264 g/mol. The van der Waals surface area contributed by atoms with Crippen molar-refractivity contribution in [2.75, 3.05) is 33.3 Å². The highest BCUT2D eigenvalue weighted by Gasteiger charge is 2.37. The maximum Gasteiger partial charge on any atom is 0.227 e. The molecule has 0 aromatic heterocycles. The average Bonchev–Trinajstić information content (AvgIpc) is 2.96. The monoisotopic (exact) mass is 288 g/mol. The third-order valence-electron chi connectivity index (χ3n) is 5.04. The highest BCUT2D eigenvalue weighted by molar-refractivity contribution is 5.79. The van der Waals surface area contributed by atoms with Crippen molar-refractivity contribution in [3.63, 3.8) is 0 Å². The minimum absolute atomic E-state index is 0.223. The lowest BCUT2D eigenvalue weighted by atomic mass is 9.78. The average molecular weight is 288 g/mol. The molecule has 0 unspecified atom stereocenters. The van der Waals surface area contributed by atoms with E-state index < -0.39 is 0 Å². The third-order valence-corrected chi connectivity index (χ3v) is 5.04. The van der Waals surface area contributed by atoms with Crippen LogP contribution in [0.3, 0.4) is 0 Å². The number of nitrogens with zero attached hydrogens (tertiary/aromatic N) is 1. The van der Waals surface area contributed by atoms with Gasteiger partial charge in [0.05, 0.1) is 13.5 Å². The zero-order valence-electron chi connectivity index (χ0n) is 12.7. The molecule has 0 saturated carbocycles. The highest BCUT2D eigenvalue weighted by Crippen LogP contribution is 2.37. The molecule has 1 spiro atoms. The molecule has 0 atom stereocenters. The van der Waals surface area contributed by atoms with Crippen molar-refractivity contribution in [3.8, 4) is 5.75 Å². The quantitative estimate of drug-likeness (QED) is 0.923. The molecule has 4 heteroatoms. The number of carbonyl (C=O) groups excluding carboxylic acids is 1. The predicted octanol–water partition coefficient (Wildman–Crippen LogP) is 1.84. The molecular formula is C17H24N2O2. The molecule has 1 aromatic carbocycles. The van der Waals surface area contributed by atoms with Crippen LogP contribution in [0.5, 0.6) is 5.75 Å². The van der Waals surface area contributed by atoms with E-state index in [1.807, 2.05) is 29.2 Å². The predicted molar refractivity (Wildman–Crippen MR) is 82.4 cm³/mol. The number of piperidine rings is 1. The van der Waals surface area contributed by atoms with Gasteiger partial charge >= 0.3 is 0 Å². The van der Waals surface area contributed by atoms with E-state index in [2.05, 4.69) is 5.32 Å². The van der Waals surface area contributed by atoms with E-state index in [9.17, 15) is 4.79 Å². The zero-order valence-corrected chi connectivity index (χ0v) is 12.7. The Kier molecular flexibility index (Phi) is 4.15. The minimum Gasteiger partial charge on any atom is -0.496 e. The number of methoxy groups -OCH3 is 1. The zero-order chi connectivity index (χ0) is 14.7. The fraction of sp³-hybridized carbons (Fsp3) is 0.588. The van der Waals surface area contributed by atoms with Crippen LogP contribution in [-0.4, -0.2) is 44.1 Å². The lowest BCUT2D eigenvalue weighted by Crippen LogP contribution is -2.44. The fourth-order valence-corrected chi connectivity index (χ4v) is 3.58. The van der Waals surface area contributed by atoms with Crippen LogP contribution in [-0.2, 0) is 11.2 Å². The topological polar surface area (TPSA) is 41.6 Å². The number of hydrogen-bond acceptors (Lipinski definition) is 3. The molecule has 2 fully saturated rings. The van der Waals surface area contributed by atoms with Crippen LogP contribution in [0.4, 0.5) is 0 Å². The summed E-state index contributed by atoms with van der Waals surface area (Å²) in [5, 5.41) is 3.46. The van der Waals surface area contributed by atoms with Gasteiger partial charge in [0.2, 0.25) is 5.91 Å². The molecule has 0 bridgehead atoms. The second-order valence-electron chi connectivity index (χ2n) is 6.30.